The minimum absolute atomic E-state index is 0.0652. The Kier molecular flexibility index (Phi) is 8.68. The summed E-state index contributed by atoms with van der Waals surface area (Å²) in [5.74, 6) is -1.38. The van der Waals surface area contributed by atoms with Gasteiger partial charge in [0.2, 0.25) is 5.91 Å². The van der Waals surface area contributed by atoms with E-state index in [9.17, 15) is 14.4 Å². The van der Waals surface area contributed by atoms with Crippen molar-refractivity contribution in [3.8, 4) is 0 Å². The largest absolute Gasteiger partial charge is 0.456 e. The van der Waals surface area contributed by atoms with E-state index in [0.717, 1.165) is 29.7 Å². The molecular formula is C22H25ClN2O4. The molecule has 0 aliphatic rings. The van der Waals surface area contributed by atoms with Crippen LogP contribution in [0.25, 0.3) is 0 Å². The molecule has 2 aromatic carbocycles. The number of aryl methyl sites for hydroxylation is 2. The Morgan fingerprint density at radius 3 is 2.14 bits per heavy atom. The summed E-state index contributed by atoms with van der Waals surface area (Å²) in [5.41, 5.74) is 3.31. The molecule has 0 aliphatic carbocycles. The topological polar surface area (TPSA) is 84.5 Å². The molecule has 0 radical (unpaired) electrons. The molecule has 0 unspecified atom stereocenters. The second-order valence-corrected chi connectivity index (χ2v) is 6.80. The van der Waals surface area contributed by atoms with Gasteiger partial charge in [-0.05, 0) is 36.1 Å². The lowest BCUT2D eigenvalue weighted by Crippen LogP contribution is -2.23. The molecule has 2 N–H and O–H groups in total. The van der Waals surface area contributed by atoms with Crippen molar-refractivity contribution < 1.29 is 19.1 Å². The molecule has 6 nitrogen and oxygen atoms in total. The molecule has 0 saturated carbocycles. The number of para-hydroxylation sites is 2. The van der Waals surface area contributed by atoms with Gasteiger partial charge in [0.1, 0.15) is 0 Å². The molecule has 0 spiro atoms. The number of carbonyl (C=O) groups is 3. The summed E-state index contributed by atoms with van der Waals surface area (Å²) in [7, 11) is 0. The van der Waals surface area contributed by atoms with Crippen molar-refractivity contribution in [2.75, 3.05) is 17.2 Å². The number of hydrogen-bond acceptors (Lipinski definition) is 4. The SMILES string of the molecule is CCc1cccc(CC)c1NC(=O)COC(=O)CCC(=O)Nc1ccccc1Cl. The minimum atomic E-state index is -0.617. The Balaban J connectivity index is 1.78. The van der Waals surface area contributed by atoms with Gasteiger partial charge in [0.05, 0.1) is 17.1 Å². The van der Waals surface area contributed by atoms with Crippen LogP contribution >= 0.6 is 11.6 Å². The molecule has 154 valence electrons. The predicted octanol–water partition coefficient (Wildman–Crippen LogP) is 4.37. The van der Waals surface area contributed by atoms with Gasteiger partial charge in [0.15, 0.2) is 6.61 Å². The van der Waals surface area contributed by atoms with Crippen LogP contribution in [0.1, 0.15) is 37.8 Å². The van der Waals surface area contributed by atoms with Crippen LogP contribution < -0.4 is 10.6 Å². The van der Waals surface area contributed by atoms with Gasteiger partial charge < -0.3 is 15.4 Å². The Labute approximate surface area is 175 Å². The summed E-state index contributed by atoms with van der Waals surface area (Å²) < 4.78 is 4.99. The number of esters is 1. The van der Waals surface area contributed by atoms with E-state index in [0.29, 0.717) is 10.7 Å². The maximum absolute atomic E-state index is 12.2. The average Bonchev–Trinajstić information content (AvgIpc) is 2.72. The lowest BCUT2D eigenvalue weighted by atomic mass is 10.0. The van der Waals surface area contributed by atoms with Crippen LogP contribution in [0, 0.1) is 0 Å². The van der Waals surface area contributed by atoms with E-state index in [2.05, 4.69) is 10.6 Å². The first kappa shape index (κ1) is 22.4. The van der Waals surface area contributed by atoms with Crippen molar-refractivity contribution in [3.05, 3.63) is 58.6 Å². The normalized spacial score (nSPS) is 10.3. The van der Waals surface area contributed by atoms with Gasteiger partial charge in [-0.3, -0.25) is 14.4 Å². The van der Waals surface area contributed by atoms with E-state index in [1.165, 1.54) is 0 Å². The van der Waals surface area contributed by atoms with Gasteiger partial charge in [-0.1, -0.05) is 55.8 Å². The summed E-state index contributed by atoms with van der Waals surface area (Å²) in [6.45, 7) is 3.63. The summed E-state index contributed by atoms with van der Waals surface area (Å²) >= 11 is 5.97. The fraction of sp³-hybridized carbons (Fsp3) is 0.318. The van der Waals surface area contributed by atoms with Crippen molar-refractivity contribution in [1.82, 2.24) is 0 Å². The number of amides is 2. The molecule has 0 fully saturated rings. The molecule has 0 heterocycles. The standard InChI is InChI=1S/C22H25ClN2O4/c1-3-15-8-7-9-16(4-2)22(15)25-20(27)14-29-21(28)13-12-19(26)24-18-11-6-5-10-17(18)23/h5-11H,3-4,12-14H2,1-2H3,(H,24,26)(H,25,27). The smallest absolute Gasteiger partial charge is 0.306 e. The first-order chi connectivity index (χ1) is 13.9. The molecule has 29 heavy (non-hydrogen) atoms. The molecule has 2 rings (SSSR count). The Morgan fingerprint density at radius 2 is 1.52 bits per heavy atom. The fourth-order valence-electron chi connectivity index (χ4n) is 2.79. The highest BCUT2D eigenvalue weighted by molar-refractivity contribution is 6.33. The molecule has 0 atom stereocenters. The van der Waals surface area contributed by atoms with Crippen LogP contribution in [0.3, 0.4) is 0 Å². The number of hydrogen-bond donors (Lipinski definition) is 2. The lowest BCUT2D eigenvalue weighted by Gasteiger charge is -2.14. The van der Waals surface area contributed by atoms with Gasteiger partial charge in [-0.2, -0.15) is 0 Å². The highest BCUT2D eigenvalue weighted by Crippen LogP contribution is 2.22. The zero-order chi connectivity index (χ0) is 21.2. The quantitative estimate of drug-likeness (QED) is 0.594. The Hall–Kier alpha value is -2.86. The molecule has 0 aliphatic heterocycles. The first-order valence-electron chi connectivity index (χ1n) is 9.55. The third kappa shape index (κ3) is 6.91. The number of ether oxygens (including phenoxy) is 1. The molecule has 0 bridgehead atoms. The molecule has 2 amide bonds. The third-order valence-electron chi connectivity index (χ3n) is 4.33. The van der Waals surface area contributed by atoms with E-state index in [4.69, 9.17) is 16.3 Å². The molecular weight excluding hydrogens is 392 g/mol. The van der Waals surface area contributed by atoms with Gasteiger partial charge in [-0.25, -0.2) is 0 Å². The van der Waals surface area contributed by atoms with E-state index < -0.39 is 18.5 Å². The average molecular weight is 417 g/mol. The Morgan fingerprint density at radius 1 is 0.862 bits per heavy atom. The van der Waals surface area contributed by atoms with E-state index in [1.807, 2.05) is 32.0 Å². The number of halogens is 1. The Bertz CT molecular complexity index is 861. The van der Waals surface area contributed by atoms with Gasteiger partial charge in [-0.15, -0.1) is 0 Å². The number of rotatable bonds is 9. The molecule has 0 aromatic heterocycles. The monoisotopic (exact) mass is 416 g/mol. The summed E-state index contributed by atoms with van der Waals surface area (Å²) in [4.78, 5) is 36.0. The second-order valence-electron chi connectivity index (χ2n) is 6.40. The first-order valence-corrected chi connectivity index (χ1v) is 9.93. The minimum Gasteiger partial charge on any atom is -0.456 e. The highest BCUT2D eigenvalue weighted by Gasteiger charge is 2.14. The number of carbonyl (C=O) groups excluding carboxylic acids is 3. The van der Waals surface area contributed by atoms with Crippen molar-refractivity contribution in [2.24, 2.45) is 0 Å². The maximum atomic E-state index is 12.2. The number of anilines is 2. The predicted molar refractivity (Wildman–Crippen MR) is 114 cm³/mol. The number of benzene rings is 2. The van der Waals surface area contributed by atoms with Gasteiger partial charge in [0.25, 0.3) is 5.91 Å². The van der Waals surface area contributed by atoms with E-state index in [1.54, 1.807) is 24.3 Å². The molecule has 0 saturated heterocycles. The zero-order valence-corrected chi connectivity index (χ0v) is 17.3. The van der Waals surface area contributed by atoms with Crippen molar-refractivity contribution in [2.45, 2.75) is 39.5 Å². The number of nitrogens with one attached hydrogen (secondary N) is 2. The molecule has 2 aromatic rings. The molecule has 7 heteroatoms. The highest BCUT2D eigenvalue weighted by atomic mass is 35.5. The van der Waals surface area contributed by atoms with Crippen LogP contribution in [0.5, 0.6) is 0 Å². The summed E-state index contributed by atoms with van der Waals surface area (Å²) in [6, 6.07) is 12.7. The van der Waals surface area contributed by atoms with Crippen LogP contribution in [0.4, 0.5) is 11.4 Å². The van der Waals surface area contributed by atoms with Crippen LogP contribution in [0.15, 0.2) is 42.5 Å². The third-order valence-corrected chi connectivity index (χ3v) is 4.66. The van der Waals surface area contributed by atoms with Crippen LogP contribution in [-0.4, -0.2) is 24.4 Å². The van der Waals surface area contributed by atoms with E-state index >= 15 is 0 Å². The summed E-state index contributed by atoms with van der Waals surface area (Å²) in [6.07, 6.45) is 1.37. The van der Waals surface area contributed by atoms with Gasteiger partial charge >= 0.3 is 5.97 Å². The fourth-order valence-corrected chi connectivity index (χ4v) is 2.97. The van der Waals surface area contributed by atoms with Crippen molar-refractivity contribution in [3.63, 3.8) is 0 Å². The van der Waals surface area contributed by atoms with Crippen LogP contribution in [-0.2, 0) is 32.0 Å². The lowest BCUT2D eigenvalue weighted by molar-refractivity contribution is -0.147. The summed E-state index contributed by atoms with van der Waals surface area (Å²) in [5, 5.41) is 5.88. The van der Waals surface area contributed by atoms with Crippen LogP contribution in [0.2, 0.25) is 5.02 Å². The van der Waals surface area contributed by atoms with Gasteiger partial charge in [0, 0.05) is 12.1 Å². The maximum Gasteiger partial charge on any atom is 0.306 e. The van der Waals surface area contributed by atoms with Crippen molar-refractivity contribution >= 4 is 40.8 Å². The zero-order valence-electron chi connectivity index (χ0n) is 16.6. The van der Waals surface area contributed by atoms with Crippen molar-refractivity contribution in [1.29, 1.82) is 0 Å². The second kappa shape index (κ2) is 11.2. The van der Waals surface area contributed by atoms with E-state index in [-0.39, 0.29) is 18.7 Å².